The molecule has 2 saturated carbocycles. The molecule has 0 spiro atoms. The summed E-state index contributed by atoms with van der Waals surface area (Å²) in [5, 5.41) is 49.9. The quantitative estimate of drug-likeness (QED) is 0.0644. The second-order valence-electron chi connectivity index (χ2n) is 13.5. The summed E-state index contributed by atoms with van der Waals surface area (Å²) in [6, 6.07) is 15.9. The van der Waals surface area contributed by atoms with E-state index in [0.717, 1.165) is 64.8 Å². The van der Waals surface area contributed by atoms with E-state index < -0.39 is 52.6 Å². The van der Waals surface area contributed by atoms with Crippen LogP contribution in [0.15, 0.2) is 65.8 Å². The van der Waals surface area contributed by atoms with Gasteiger partial charge >= 0.3 is 0 Å². The highest BCUT2D eigenvalue weighted by Gasteiger charge is 2.48. The average molecular weight is 794 g/mol. The smallest absolute Gasteiger partial charge is 0.254 e. The molecule has 0 saturated heterocycles. The van der Waals surface area contributed by atoms with Gasteiger partial charge in [0.15, 0.2) is 6.10 Å². The van der Waals surface area contributed by atoms with Gasteiger partial charge < -0.3 is 39.9 Å². The zero-order valence-electron chi connectivity index (χ0n) is 29.5. The molecule has 290 valence electrons. The number of nitrogens with one attached hydrogen (secondary N) is 1. The van der Waals surface area contributed by atoms with Crippen molar-refractivity contribution in [1.82, 2.24) is 14.6 Å². The summed E-state index contributed by atoms with van der Waals surface area (Å²) in [4.78, 5) is 19.6. The number of thioether (sulfide) groups is 1. The number of nitrogens with zero attached hydrogens (tertiary/aromatic N) is 2. The number of halogens is 1. The number of carbonyl (C=O) groups excluding carboxylic acids is 1. The molecule has 16 heteroatoms. The molecule has 0 radical (unpaired) electrons. The Morgan fingerprint density at radius 3 is 2.51 bits per heavy atom. The van der Waals surface area contributed by atoms with Crippen molar-refractivity contribution in [2.24, 2.45) is 0 Å². The maximum absolute atomic E-state index is 13.0. The molecule has 0 aliphatic heterocycles. The van der Waals surface area contributed by atoms with Gasteiger partial charge in [-0.1, -0.05) is 29.8 Å². The van der Waals surface area contributed by atoms with Gasteiger partial charge in [0, 0.05) is 53.1 Å². The molecule has 1 aromatic heterocycles. The minimum absolute atomic E-state index is 0.106. The van der Waals surface area contributed by atoms with E-state index in [4.69, 9.17) is 26.2 Å². The van der Waals surface area contributed by atoms with Crippen LogP contribution in [0, 0.1) is 0 Å². The topological polar surface area (TPSA) is 199 Å². The fourth-order valence-electron chi connectivity index (χ4n) is 5.87. The summed E-state index contributed by atoms with van der Waals surface area (Å²) in [6.45, 7) is -0.697. The summed E-state index contributed by atoms with van der Waals surface area (Å²) in [5.74, 6) is 0.582. The second kappa shape index (κ2) is 18.7. The Bertz CT molecular complexity index is 1790. The molecule has 13 nitrogen and oxygen atoms in total. The minimum Gasteiger partial charge on any atom is -0.490 e. The number of aliphatic hydroxyl groups is 5. The summed E-state index contributed by atoms with van der Waals surface area (Å²) in [5.41, 5.74) is 3.45. The molecule has 0 unspecified atom stereocenters. The second-order valence-corrected chi connectivity index (χ2v) is 16.9. The standard InChI is InChI=1S/C37H48ClN3O10S2/c1-53(48,49)40-16-18-41(36(47)35(46)34(45)33(44)31(43)22-42)17-4-5-19-52-26-10-11-30(38)24(20-26)23-50-37(13-14-37)29-21-39-15-12-27(29)28-6-2-3-7-32(28)51-25-8-9-25/h2-3,6-7,10-12,15,20-21,25,31,33-35,40,42-46H,4-5,8-9,13-14,16-19,22-23H2,1H3/t31-,33+,34-,35-/m0/s1. The van der Waals surface area contributed by atoms with E-state index in [9.17, 15) is 33.6 Å². The monoisotopic (exact) mass is 793 g/mol. The Labute approximate surface area is 319 Å². The molecule has 2 aliphatic rings. The lowest BCUT2D eigenvalue weighted by Gasteiger charge is -2.30. The number of hydrogen-bond donors (Lipinski definition) is 6. The molecule has 5 rings (SSSR count). The van der Waals surface area contributed by atoms with Crippen LogP contribution in [0.1, 0.15) is 49.7 Å². The predicted octanol–water partition coefficient (Wildman–Crippen LogP) is 2.84. The lowest BCUT2D eigenvalue weighted by molar-refractivity contribution is -0.158. The van der Waals surface area contributed by atoms with Crippen molar-refractivity contribution in [3.63, 3.8) is 0 Å². The fourth-order valence-corrected chi connectivity index (χ4v) is 7.48. The predicted molar refractivity (Wildman–Crippen MR) is 201 cm³/mol. The molecule has 1 heterocycles. The van der Waals surface area contributed by atoms with Crippen LogP contribution in [0.25, 0.3) is 11.1 Å². The maximum atomic E-state index is 13.0. The van der Waals surface area contributed by atoms with Crippen molar-refractivity contribution >= 4 is 39.3 Å². The first-order valence-electron chi connectivity index (χ1n) is 17.6. The van der Waals surface area contributed by atoms with Crippen molar-refractivity contribution in [2.75, 3.05) is 38.2 Å². The number of unbranched alkanes of at least 4 members (excludes halogenated alkanes) is 1. The highest BCUT2D eigenvalue weighted by Crippen LogP contribution is 2.53. The third kappa shape index (κ3) is 11.6. The lowest BCUT2D eigenvalue weighted by atomic mass is 9.96. The van der Waals surface area contributed by atoms with Crippen LogP contribution in [-0.2, 0) is 31.8 Å². The number of pyridine rings is 1. The van der Waals surface area contributed by atoms with Gasteiger partial charge in [-0.15, -0.1) is 11.8 Å². The molecule has 3 aromatic rings. The first-order valence-corrected chi connectivity index (χ1v) is 20.9. The average Bonchev–Trinajstić information content (AvgIpc) is 4.10. The lowest BCUT2D eigenvalue weighted by Crippen LogP contribution is -2.53. The Balaban J connectivity index is 1.16. The van der Waals surface area contributed by atoms with Crippen LogP contribution in [-0.4, -0.2) is 119 Å². The largest absolute Gasteiger partial charge is 0.490 e. The Hall–Kier alpha value is -2.83. The number of sulfonamides is 1. The van der Waals surface area contributed by atoms with E-state index in [1.54, 1.807) is 18.0 Å². The van der Waals surface area contributed by atoms with Crippen molar-refractivity contribution in [1.29, 1.82) is 0 Å². The zero-order chi connectivity index (χ0) is 38.2. The van der Waals surface area contributed by atoms with Gasteiger partial charge in [0.2, 0.25) is 10.0 Å². The molecule has 2 aliphatic carbocycles. The van der Waals surface area contributed by atoms with Crippen molar-refractivity contribution in [3.8, 4) is 16.9 Å². The highest BCUT2D eigenvalue weighted by molar-refractivity contribution is 7.99. The minimum atomic E-state index is -3.55. The molecular weight excluding hydrogens is 746 g/mol. The molecule has 2 aromatic carbocycles. The van der Waals surface area contributed by atoms with Crippen LogP contribution in [0.2, 0.25) is 5.02 Å². The summed E-state index contributed by atoms with van der Waals surface area (Å²) in [6.07, 6.45) is 1.97. The van der Waals surface area contributed by atoms with Crippen molar-refractivity contribution in [2.45, 2.75) is 86.1 Å². The highest BCUT2D eigenvalue weighted by atomic mass is 35.5. The number of aliphatic hydroxyl groups excluding tert-OH is 5. The van der Waals surface area contributed by atoms with E-state index in [2.05, 4.69) is 15.8 Å². The van der Waals surface area contributed by atoms with Crippen LogP contribution in [0.5, 0.6) is 5.75 Å². The number of para-hydroxylation sites is 1. The van der Waals surface area contributed by atoms with E-state index >= 15 is 0 Å². The first-order chi connectivity index (χ1) is 25.3. The zero-order valence-corrected chi connectivity index (χ0v) is 31.9. The number of amides is 1. The number of aromatic nitrogens is 1. The number of rotatable bonds is 22. The normalized spacial score (nSPS) is 17.5. The Kier molecular flexibility index (Phi) is 14.6. The van der Waals surface area contributed by atoms with Crippen LogP contribution in [0.3, 0.4) is 0 Å². The summed E-state index contributed by atoms with van der Waals surface area (Å²) < 4.78 is 38.2. The SMILES string of the molecule is CS(=O)(=O)NCCN(CCCCSc1ccc(Cl)c(COC2(c3cnccc3-c3ccccc3OC3CC3)CC2)c1)C(=O)[C@@H](O)[C@@H](O)[C@H](O)[C@@H](O)CO. The Morgan fingerprint density at radius 2 is 1.81 bits per heavy atom. The fraction of sp³-hybridized carbons (Fsp3) is 0.514. The van der Waals surface area contributed by atoms with Gasteiger partial charge in [-0.05, 0) is 85.7 Å². The van der Waals surface area contributed by atoms with Gasteiger partial charge in [-0.2, -0.15) is 0 Å². The molecule has 0 bridgehead atoms. The van der Waals surface area contributed by atoms with E-state index in [1.165, 1.54) is 4.90 Å². The van der Waals surface area contributed by atoms with E-state index in [0.29, 0.717) is 30.2 Å². The Morgan fingerprint density at radius 1 is 1.06 bits per heavy atom. The van der Waals surface area contributed by atoms with Gasteiger partial charge in [0.05, 0.1) is 31.2 Å². The van der Waals surface area contributed by atoms with Crippen LogP contribution < -0.4 is 9.46 Å². The van der Waals surface area contributed by atoms with E-state index in [-0.39, 0.29) is 25.7 Å². The third-order valence-corrected chi connectivity index (χ3v) is 11.4. The van der Waals surface area contributed by atoms with Crippen LogP contribution in [0.4, 0.5) is 0 Å². The number of ether oxygens (including phenoxy) is 2. The first kappa shape index (κ1) is 41.3. The molecule has 2 fully saturated rings. The number of benzene rings is 2. The van der Waals surface area contributed by atoms with Crippen LogP contribution >= 0.6 is 23.4 Å². The number of carbonyl (C=O) groups is 1. The molecular formula is C37H48ClN3O10S2. The molecule has 6 N–H and O–H groups in total. The van der Waals surface area contributed by atoms with Gasteiger partial charge in [-0.25, -0.2) is 13.1 Å². The third-order valence-electron chi connectivity index (χ3n) is 9.19. The maximum Gasteiger partial charge on any atom is 0.254 e. The number of hydrogen-bond acceptors (Lipinski definition) is 12. The van der Waals surface area contributed by atoms with Crippen molar-refractivity contribution in [3.05, 3.63) is 77.1 Å². The molecule has 53 heavy (non-hydrogen) atoms. The summed E-state index contributed by atoms with van der Waals surface area (Å²) in [7, 11) is -3.55. The van der Waals surface area contributed by atoms with Gasteiger partial charge in [0.25, 0.3) is 5.91 Å². The van der Waals surface area contributed by atoms with Crippen molar-refractivity contribution < 1.29 is 48.2 Å². The van der Waals surface area contributed by atoms with E-state index in [1.807, 2.05) is 48.7 Å². The summed E-state index contributed by atoms with van der Waals surface area (Å²) >= 11 is 8.22. The van der Waals surface area contributed by atoms with Gasteiger partial charge in [-0.3, -0.25) is 9.78 Å². The molecule has 4 atom stereocenters. The molecule has 1 amide bonds. The van der Waals surface area contributed by atoms with Gasteiger partial charge in [0.1, 0.15) is 24.1 Å².